The Balaban J connectivity index is 1.78. The Bertz CT molecular complexity index is 1010. The number of aliphatic hydroxyl groups excluding tert-OH is 3. The lowest BCUT2D eigenvalue weighted by molar-refractivity contribution is -0.323. The number of nitrogens with one attached hydrogen (secondary N) is 1. The third-order valence-electron chi connectivity index (χ3n) is 11.6. The minimum absolute atomic E-state index is 0.0794. The van der Waals surface area contributed by atoms with Crippen molar-refractivity contribution < 1.29 is 53.7 Å². The van der Waals surface area contributed by atoms with Gasteiger partial charge in [-0.1, -0.05) is 27.7 Å². The second-order valence-corrected chi connectivity index (χ2v) is 15.7. The number of hydrogen-bond donors (Lipinski definition) is 5. The molecule has 4 fully saturated rings. The van der Waals surface area contributed by atoms with Gasteiger partial charge in [0.05, 0.1) is 53.9 Å². The van der Waals surface area contributed by atoms with Crippen LogP contribution in [0.1, 0.15) is 81.6 Å². The number of fused-ring (bicyclic) bond motifs is 2. The normalized spacial score (nSPS) is 52.3. The molecule has 4 heterocycles. The van der Waals surface area contributed by atoms with Gasteiger partial charge in [-0.3, -0.25) is 0 Å². The molecule has 5 N–H and O–H groups in total. The Labute approximate surface area is 281 Å². The number of likely N-dealkylation sites (N-methyl/N-ethyl adjacent to an activating group) is 1. The number of ether oxygens (including phenoxy) is 7. The highest BCUT2D eigenvalue weighted by Crippen LogP contribution is 2.48. The van der Waals surface area contributed by atoms with E-state index in [2.05, 4.69) is 12.4 Å². The van der Waals surface area contributed by atoms with Crippen LogP contribution in [0.25, 0.3) is 0 Å². The molecule has 276 valence electrons. The molecule has 0 spiro atoms. The van der Waals surface area contributed by atoms with Crippen molar-refractivity contribution in [2.24, 2.45) is 23.7 Å². The van der Waals surface area contributed by atoms with Gasteiger partial charge in [0.2, 0.25) is 0 Å². The zero-order valence-corrected chi connectivity index (χ0v) is 30.5. The lowest BCUT2D eigenvalue weighted by Crippen LogP contribution is -2.60. The van der Waals surface area contributed by atoms with E-state index < -0.39 is 84.6 Å². The van der Waals surface area contributed by atoms with Crippen LogP contribution in [0.4, 0.5) is 0 Å². The van der Waals surface area contributed by atoms with Crippen LogP contribution < -0.4 is 5.48 Å². The fourth-order valence-electron chi connectivity index (χ4n) is 8.74. The molecule has 0 saturated carbocycles. The fourth-order valence-corrected chi connectivity index (χ4v) is 8.74. The van der Waals surface area contributed by atoms with E-state index in [0.29, 0.717) is 12.8 Å². The van der Waals surface area contributed by atoms with Gasteiger partial charge in [0.1, 0.15) is 12.2 Å². The Morgan fingerprint density at radius 2 is 1.55 bits per heavy atom. The number of nitrogens with zero attached hydrogens (tertiary/aromatic N) is 1. The molecule has 0 aromatic heterocycles. The van der Waals surface area contributed by atoms with Crippen LogP contribution in [0, 0.1) is 23.7 Å². The summed E-state index contributed by atoms with van der Waals surface area (Å²) in [5.74, 6) is -1.20. The van der Waals surface area contributed by atoms with Crippen molar-refractivity contribution >= 4 is 0 Å². The van der Waals surface area contributed by atoms with E-state index in [1.165, 1.54) is 0 Å². The maximum absolute atomic E-state index is 11.7. The predicted octanol–water partition coefficient (Wildman–Crippen LogP) is 2.26. The standard InChI is InChI=1S/C34H64N2O11/c1-16-14-34(9)30(46-32-25(37)23(36(10)11)13-17(2)42-32)19(4)27(44-24-15-33(8,41-12)29(38)22(7)43-24)20(5)31(39)45-28(21(6)35-40)18(3)26(16)47-34/h16-32,35,37-40H,13-15H2,1-12H3/t16-,17+,18-,19-,20+,21-,22?,23?,24-,25?,26?,27-,28+,29-,30+,31-,32-,33?,34+/m0/s1. The first-order valence-electron chi connectivity index (χ1n) is 17.5. The highest BCUT2D eigenvalue weighted by molar-refractivity contribution is 5.03. The number of aliphatic hydroxyl groups is 3. The van der Waals surface area contributed by atoms with Crippen LogP contribution in [-0.4, -0.2) is 138 Å². The zero-order valence-electron chi connectivity index (χ0n) is 30.5. The van der Waals surface area contributed by atoms with Crippen molar-refractivity contribution in [1.29, 1.82) is 0 Å². The first-order valence-corrected chi connectivity index (χ1v) is 17.5. The van der Waals surface area contributed by atoms with Gasteiger partial charge in [-0.25, -0.2) is 5.48 Å². The largest absolute Gasteiger partial charge is 0.387 e. The van der Waals surface area contributed by atoms with E-state index in [1.807, 2.05) is 60.5 Å². The van der Waals surface area contributed by atoms with Crippen molar-refractivity contribution in [3.8, 4) is 0 Å². The number of methoxy groups -OCH3 is 1. The van der Waals surface area contributed by atoms with E-state index in [-0.39, 0.29) is 36.5 Å². The second-order valence-electron chi connectivity index (χ2n) is 15.7. The van der Waals surface area contributed by atoms with Crippen molar-refractivity contribution in [3.05, 3.63) is 0 Å². The molecule has 19 atom stereocenters. The van der Waals surface area contributed by atoms with Gasteiger partial charge in [-0.05, 0) is 67.5 Å². The first kappa shape index (κ1) is 39.3. The molecule has 5 unspecified atom stereocenters. The zero-order chi connectivity index (χ0) is 35.2. The topological polar surface area (TPSA) is 161 Å². The minimum Gasteiger partial charge on any atom is -0.387 e. The molecule has 47 heavy (non-hydrogen) atoms. The monoisotopic (exact) mass is 676 g/mol. The molecular formula is C34H64N2O11. The summed E-state index contributed by atoms with van der Waals surface area (Å²) in [6, 6.07) is -0.684. The van der Waals surface area contributed by atoms with Gasteiger partial charge in [-0.2, -0.15) is 0 Å². The van der Waals surface area contributed by atoms with Crippen molar-refractivity contribution in [2.75, 3.05) is 21.2 Å². The predicted molar refractivity (Wildman–Crippen MR) is 172 cm³/mol. The lowest BCUT2D eigenvalue weighted by atomic mass is 9.77. The van der Waals surface area contributed by atoms with Gasteiger partial charge in [0.25, 0.3) is 0 Å². The molecule has 0 radical (unpaired) electrons. The van der Waals surface area contributed by atoms with E-state index >= 15 is 0 Å². The number of rotatable bonds is 8. The fraction of sp³-hybridized carbons (Fsp3) is 1.00. The molecule has 0 amide bonds. The average Bonchev–Trinajstić information content (AvgIpc) is 3.33. The summed E-state index contributed by atoms with van der Waals surface area (Å²) in [6.45, 7) is 17.4. The van der Waals surface area contributed by atoms with Gasteiger partial charge < -0.3 is 58.6 Å². The summed E-state index contributed by atoms with van der Waals surface area (Å²) in [7, 11) is 5.44. The van der Waals surface area contributed by atoms with E-state index in [1.54, 1.807) is 21.0 Å². The third-order valence-corrected chi connectivity index (χ3v) is 11.6. The summed E-state index contributed by atoms with van der Waals surface area (Å²) in [5.41, 5.74) is 0.562. The van der Waals surface area contributed by atoms with Crippen LogP contribution >= 0.6 is 0 Å². The molecule has 0 aliphatic carbocycles. The van der Waals surface area contributed by atoms with Gasteiger partial charge >= 0.3 is 0 Å². The van der Waals surface area contributed by atoms with E-state index in [0.717, 1.165) is 0 Å². The number of hydrogen-bond acceptors (Lipinski definition) is 13. The van der Waals surface area contributed by atoms with Crippen molar-refractivity contribution in [3.63, 3.8) is 0 Å². The van der Waals surface area contributed by atoms with Crippen molar-refractivity contribution in [1.82, 2.24) is 10.4 Å². The van der Waals surface area contributed by atoms with E-state index in [9.17, 15) is 20.5 Å². The lowest BCUT2D eigenvalue weighted by Gasteiger charge is -2.49. The summed E-state index contributed by atoms with van der Waals surface area (Å²) < 4.78 is 45.3. The van der Waals surface area contributed by atoms with Gasteiger partial charge in [-0.15, -0.1) is 0 Å². The third kappa shape index (κ3) is 8.03. The molecule has 0 aromatic rings. The summed E-state index contributed by atoms with van der Waals surface area (Å²) in [6.07, 6.45) is -6.21. The Morgan fingerprint density at radius 1 is 0.894 bits per heavy atom. The Morgan fingerprint density at radius 3 is 2.15 bits per heavy atom. The van der Waals surface area contributed by atoms with Gasteiger partial charge in [0.15, 0.2) is 18.9 Å². The molecule has 4 aliphatic heterocycles. The molecular weight excluding hydrogens is 612 g/mol. The summed E-state index contributed by atoms with van der Waals surface area (Å²) >= 11 is 0. The molecule has 13 nitrogen and oxygen atoms in total. The van der Waals surface area contributed by atoms with Crippen LogP contribution in [0.5, 0.6) is 0 Å². The first-order chi connectivity index (χ1) is 21.9. The molecule has 4 aliphatic rings. The van der Waals surface area contributed by atoms with Crippen LogP contribution in [0.2, 0.25) is 0 Å². The molecule has 13 heteroatoms. The van der Waals surface area contributed by atoms with E-state index in [4.69, 9.17) is 33.2 Å². The smallest absolute Gasteiger partial charge is 0.185 e. The Kier molecular flexibility index (Phi) is 12.9. The SMILES string of the molecule is COC1(C)C[C@H](O[C@@H]2[C@@H](C)[C@@H](O)O[C@@H]([C@H](C)NO)[C@@H](C)C3O[C@](C)(C[C@@H]3C)[C@H](O[C@@H]3O[C@H](C)CC(N(C)C)C3O)[C@H]2C)OC(C)[C@@H]1O. The van der Waals surface area contributed by atoms with Gasteiger partial charge in [0, 0.05) is 37.3 Å². The van der Waals surface area contributed by atoms with Crippen LogP contribution in [0.15, 0.2) is 0 Å². The molecule has 2 bridgehead atoms. The molecule has 0 aromatic carbocycles. The highest BCUT2D eigenvalue weighted by Gasteiger charge is 2.57. The van der Waals surface area contributed by atoms with Crippen molar-refractivity contribution in [2.45, 2.75) is 173 Å². The maximum atomic E-state index is 11.7. The summed E-state index contributed by atoms with van der Waals surface area (Å²) in [4.78, 5) is 2.00. The minimum atomic E-state index is -1.29. The average molecular weight is 677 g/mol. The second kappa shape index (κ2) is 15.4. The number of hydroxylamine groups is 1. The summed E-state index contributed by atoms with van der Waals surface area (Å²) in [5, 5.41) is 44.0. The van der Waals surface area contributed by atoms with Crippen LogP contribution in [-0.2, 0) is 33.2 Å². The van der Waals surface area contributed by atoms with Crippen LogP contribution in [0.3, 0.4) is 0 Å². The quantitative estimate of drug-likeness (QED) is 0.239. The molecule has 4 rings (SSSR count). The molecule has 4 saturated heterocycles. The maximum Gasteiger partial charge on any atom is 0.185 e. The Hall–Kier alpha value is -0.520. The highest BCUT2D eigenvalue weighted by atomic mass is 16.7.